The van der Waals surface area contributed by atoms with Crippen molar-refractivity contribution in [3.8, 4) is 11.5 Å². The van der Waals surface area contributed by atoms with E-state index in [1.54, 1.807) is 0 Å². The van der Waals surface area contributed by atoms with Crippen LogP contribution >= 0.6 is 11.8 Å². The lowest BCUT2D eigenvalue weighted by Crippen LogP contribution is -2.36. The van der Waals surface area contributed by atoms with E-state index in [2.05, 4.69) is 20.4 Å². The van der Waals surface area contributed by atoms with Crippen molar-refractivity contribution in [1.82, 2.24) is 10.2 Å². The Labute approximate surface area is 173 Å². The first kappa shape index (κ1) is 19.5. The molecule has 0 radical (unpaired) electrons. The third kappa shape index (κ3) is 4.96. The molecule has 150 valence electrons. The van der Waals surface area contributed by atoms with Crippen LogP contribution in [0.5, 0.6) is 0 Å². The van der Waals surface area contributed by atoms with Gasteiger partial charge in [-0.25, -0.2) is 0 Å². The van der Waals surface area contributed by atoms with Crippen molar-refractivity contribution in [3.05, 3.63) is 54.6 Å². The summed E-state index contributed by atoms with van der Waals surface area (Å²) in [5.74, 6) is 0.327. The van der Waals surface area contributed by atoms with Gasteiger partial charge in [0, 0.05) is 30.0 Å². The fourth-order valence-corrected chi connectivity index (χ4v) is 3.66. The highest BCUT2D eigenvalue weighted by Gasteiger charge is 2.19. The van der Waals surface area contributed by atoms with Crippen LogP contribution in [0.3, 0.4) is 0 Å². The number of ether oxygens (including phenoxy) is 1. The molecule has 1 aromatic heterocycles. The number of hydrogen-bond acceptors (Lipinski definition) is 7. The number of carbonyl (C=O) groups excluding carboxylic acids is 1. The van der Waals surface area contributed by atoms with E-state index in [1.807, 2.05) is 61.5 Å². The van der Waals surface area contributed by atoms with Crippen LogP contribution in [0, 0.1) is 0 Å². The summed E-state index contributed by atoms with van der Waals surface area (Å²) in [5, 5.41) is 11.0. The molecule has 2 aromatic carbocycles. The molecule has 1 aliphatic heterocycles. The Balaban J connectivity index is 1.33. The number of aromatic nitrogens is 2. The minimum atomic E-state index is -0.377. The van der Waals surface area contributed by atoms with Gasteiger partial charge in [0.05, 0.1) is 18.5 Å². The lowest BCUT2D eigenvalue weighted by atomic mass is 10.2. The van der Waals surface area contributed by atoms with Gasteiger partial charge in [0.2, 0.25) is 11.8 Å². The Morgan fingerprint density at radius 2 is 1.79 bits per heavy atom. The number of morpholine rings is 1. The van der Waals surface area contributed by atoms with Gasteiger partial charge in [-0.2, -0.15) is 0 Å². The quantitative estimate of drug-likeness (QED) is 0.621. The normalized spacial score (nSPS) is 15.1. The van der Waals surface area contributed by atoms with Crippen molar-refractivity contribution < 1.29 is 13.9 Å². The van der Waals surface area contributed by atoms with Gasteiger partial charge in [0.25, 0.3) is 5.22 Å². The maximum atomic E-state index is 12.5. The summed E-state index contributed by atoms with van der Waals surface area (Å²) in [4.78, 5) is 14.8. The number of amides is 1. The van der Waals surface area contributed by atoms with Crippen LogP contribution < -0.4 is 10.2 Å². The van der Waals surface area contributed by atoms with Gasteiger partial charge < -0.3 is 19.4 Å². The van der Waals surface area contributed by atoms with Gasteiger partial charge in [-0.05, 0) is 43.3 Å². The molecule has 0 spiro atoms. The van der Waals surface area contributed by atoms with Crippen molar-refractivity contribution in [2.24, 2.45) is 0 Å². The van der Waals surface area contributed by atoms with Crippen LogP contribution in [0.2, 0.25) is 0 Å². The number of rotatable bonds is 6. The summed E-state index contributed by atoms with van der Waals surface area (Å²) in [6.07, 6.45) is 0. The Morgan fingerprint density at radius 1 is 1.07 bits per heavy atom. The van der Waals surface area contributed by atoms with Crippen LogP contribution in [0.25, 0.3) is 11.5 Å². The summed E-state index contributed by atoms with van der Waals surface area (Å²) in [5.41, 5.74) is 2.74. The zero-order valence-electron chi connectivity index (χ0n) is 16.1. The number of carbonyl (C=O) groups is 1. The molecule has 1 saturated heterocycles. The molecule has 3 aromatic rings. The zero-order chi connectivity index (χ0) is 20.1. The van der Waals surface area contributed by atoms with E-state index >= 15 is 0 Å². The van der Waals surface area contributed by atoms with E-state index in [0.29, 0.717) is 11.1 Å². The molecule has 2 heterocycles. The average molecular weight is 410 g/mol. The smallest absolute Gasteiger partial charge is 0.277 e. The van der Waals surface area contributed by atoms with E-state index in [0.717, 1.165) is 43.2 Å². The van der Waals surface area contributed by atoms with E-state index in [4.69, 9.17) is 9.15 Å². The highest BCUT2D eigenvalue weighted by Crippen LogP contribution is 2.27. The van der Waals surface area contributed by atoms with Crippen molar-refractivity contribution >= 4 is 29.0 Å². The second-order valence-electron chi connectivity index (χ2n) is 6.63. The van der Waals surface area contributed by atoms with Crippen LogP contribution in [0.15, 0.2) is 64.2 Å². The predicted octanol–water partition coefficient (Wildman–Crippen LogP) is 3.69. The molecule has 0 unspecified atom stereocenters. The SMILES string of the molecule is C[C@H](Sc1nnc(-c2ccccc2)o1)C(=O)Nc1ccc(N2CCOCC2)cc1. The molecule has 1 amide bonds. The maximum absolute atomic E-state index is 12.5. The molecular formula is C21H22N4O3S. The largest absolute Gasteiger partial charge is 0.411 e. The number of hydrogen-bond donors (Lipinski definition) is 1. The summed E-state index contributed by atoms with van der Waals surface area (Å²) in [6, 6.07) is 17.4. The molecule has 7 nitrogen and oxygen atoms in total. The van der Waals surface area contributed by atoms with Gasteiger partial charge in [-0.15, -0.1) is 10.2 Å². The first-order chi connectivity index (χ1) is 14.2. The molecule has 1 atom stereocenters. The third-order valence-electron chi connectivity index (χ3n) is 4.59. The number of nitrogens with zero attached hydrogens (tertiary/aromatic N) is 3. The highest BCUT2D eigenvalue weighted by atomic mass is 32.2. The second-order valence-corrected chi connectivity index (χ2v) is 7.93. The summed E-state index contributed by atoms with van der Waals surface area (Å²) >= 11 is 1.24. The number of benzene rings is 2. The molecule has 0 aliphatic carbocycles. The van der Waals surface area contributed by atoms with Crippen molar-refractivity contribution in [1.29, 1.82) is 0 Å². The molecule has 1 N–H and O–H groups in total. The molecule has 1 aliphatic rings. The minimum Gasteiger partial charge on any atom is -0.411 e. The minimum absolute atomic E-state index is 0.117. The molecule has 4 rings (SSSR count). The summed E-state index contributed by atoms with van der Waals surface area (Å²) in [7, 11) is 0. The molecule has 29 heavy (non-hydrogen) atoms. The van der Waals surface area contributed by atoms with Gasteiger partial charge in [-0.3, -0.25) is 4.79 Å². The fraction of sp³-hybridized carbons (Fsp3) is 0.286. The van der Waals surface area contributed by atoms with Gasteiger partial charge in [-0.1, -0.05) is 30.0 Å². The Morgan fingerprint density at radius 3 is 2.52 bits per heavy atom. The molecule has 8 heteroatoms. The predicted molar refractivity (Wildman–Crippen MR) is 113 cm³/mol. The number of anilines is 2. The highest BCUT2D eigenvalue weighted by molar-refractivity contribution is 8.00. The van der Waals surface area contributed by atoms with Crippen LogP contribution in [-0.2, 0) is 9.53 Å². The Bertz CT molecular complexity index is 940. The maximum Gasteiger partial charge on any atom is 0.277 e. The van der Waals surface area contributed by atoms with Crippen molar-refractivity contribution in [2.45, 2.75) is 17.4 Å². The molecule has 0 bridgehead atoms. The second kappa shape index (κ2) is 9.11. The van der Waals surface area contributed by atoms with E-state index in [1.165, 1.54) is 11.8 Å². The first-order valence-corrected chi connectivity index (χ1v) is 10.4. The fourth-order valence-electron chi connectivity index (χ4n) is 2.98. The summed E-state index contributed by atoms with van der Waals surface area (Å²) < 4.78 is 11.0. The van der Waals surface area contributed by atoms with E-state index in [-0.39, 0.29) is 11.2 Å². The Hall–Kier alpha value is -2.84. The third-order valence-corrected chi connectivity index (χ3v) is 5.52. The van der Waals surface area contributed by atoms with Gasteiger partial charge >= 0.3 is 0 Å². The zero-order valence-corrected chi connectivity index (χ0v) is 16.9. The average Bonchev–Trinajstić information content (AvgIpc) is 3.24. The van der Waals surface area contributed by atoms with Gasteiger partial charge in [0.15, 0.2) is 0 Å². The summed E-state index contributed by atoms with van der Waals surface area (Å²) in [6.45, 7) is 5.07. The van der Waals surface area contributed by atoms with Crippen molar-refractivity contribution in [3.63, 3.8) is 0 Å². The van der Waals surface area contributed by atoms with Crippen molar-refractivity contribution in [2.75, 3.05) is 36.5 Å². The van der Waals surface area contributed by atoms with E-state index < -0.39 is 0 Å². The number of thioether (sulfide) groups is 1. The Kier molecular flexibility index (Phi) is 6.12. The lowest BCUT2D eigenvalue weighted by molar-refractivity contribution is -0.115. The van der Waals surface area contributed by atoms with E-state index in [9.17, 15) is 4.79 Å². The monoisotopic (exact) mass is 410 g/mol. The van der Waals surface area contributed by atoms with Crippen LogP contribution in [-0.4, -0.2) is 47.7 Å². The topological polar surface area (TPSA) is 80.5 Å². The lowest BCUT2D eigenvalue weighted by Gasteiger charge is -2.28. The van der Waals surface area contributed by atoms with Gasteiger partial charge in [0.1, 0.15) is 0 Å². The molecule has 0 saturated carbocycles. The standard InChI is InChI=1S/C21H22N4O3S/c1-15(29-21-24-23-20(28-21)16-5-3-2-4-6-16)19(26)22-17-7-9-18(10-8-17)25-11-13-27-14-12-25/h2-10,15H,11-14H2,1H3,(H,22,26)/t15-/m0/s1. The van der Waals surface area contributed by atoms with Crippen LogP contribution in [0.4, 0.5) is 11.4 Å². The van der Waals surface area contributed by atoms with Crippen LogP contribution in [0.1, 0.15) is 6.92 Å². The number of nitrogens with one attached hydrogen (secondary N) is 1. The molecule has 1 fully saturated rings. The molecular weight excluding hydrogens is 388 g/mol. The first-order valence-electron chi connectivity index (χ1n) is 9.48.